The molecule has 0 fully saturated rings. The van der Waals surface area contributed by atoms with Crippen LogP contribution in [0.4, 0.5) is 30.2 Å². The number of hydrogen-bond donors (Lipinski definition) is 2. The number of amides is 1. The van der Waals surface area contributed by atoms with E-state index in [1.54, 1.807) is 54.6 Å². The van der Waals surface area contributed by atoms with Crippen molar-refractivity contribution in [2.24, 2.45) is 0 Å². The minimum atomic E-state index is -4.98. The molecule has 0 aliphatic heterocycles. The van der Waals surface area contributed by atoms with Gasteiger partial charge in [0, 0.05) is 16.8 Å². The Kier molecular flexibility index (Phi) is 5.44. The van der Waals surface area contributed by atoms with Crippen LogP contribution in [-0.2, 0) is 4.79 Å². The lowest BCUT2D eigenvalue weighted by Gasteiger charge is -2.14. The first-order valence-corrected chi connectivity index (χ1v) is 8.28. The van der Waals surface area contributed by atoms with Crippen molar-refractivity contribution >= 4 is 28.8 Å². The van der Waals surface area contributed by atoms with Crippen LogP contribution in [0.15, 0.2) is 78.9 Å². The van der Waals surface area contributed by atoms with Gasteiger partial charge in [0.2, 0.25) is 0 Å². The van der Waals surface area contributed by atoms with Crippen LogP contribution in [0.3, 0.4) is 0 Å². The molecule has 0 unspecified atom stereocenters. The molecule has 0 saturated carbocycles. The molecule has 0 spiro atoms. The van der Waals surface area contributed by atoms with E-state index >= 15 is 0 Å². The van der Waals surface area contributed by atoms with Gasteiger partial charge in [-0.25, -0.2) is 0 Å². The van der Waals surface area contributed by atoms with Crippen molar-refractivity contribution in [3.8, 4) is 0 Å². The molecule has 0 heterocycles. The van der Waals surface area contributed by atoms with Crippen molar-refractivity contribution in [1.29, 1.82) is 0 Å². The zero-order chi connectivity index (χ0) is 20.1. The Balaban J connectivity index is 1.76. The molecule has 1 amide bonds. The smallest absolute Gasteiger partial charge is 0.354 e. The third kappa shape index (κ3) is 4.56. The van der Waals surface area contributed by atoms with Gasteiger partial charge in [0.25, 0.3) is 0 Å². The molecule has 0 saturated heterocycles. The van der Waals surface area contributed by atoms with E-state index in [-0.39, 0.29) is 11.5 Å². The van der Waals surface area contributed by atoms with Crippen LogP contribution in [-0.4, -0.2) is 17.9 Å². The number of carbonyl (C=O) groups is 2. The fourth-order valence-electron chi connectivity index (χ4n) is 2.51. The second-order valence-corrected chi connectivity index (χ2v) is 5.89. The van der Waals surface area contributed by atoms with Gasteiger partial charge in [-0.2, -0.15) is 13.2 Å². The van der Waals surface area contributed by atoms with E-state index in [2.05, 4.69) is 5.32 Å². The predicted octanol–water partition coefficient (Wildman–Crippen LogP) is 5.16. The Morgan fingerprint density at radius 1 is 0.679 bits per heavy atom. The highest BCUT2D eigenvalue weighted by Crippen LogP contribution is 2.27. The first-order chi connectivity index (χ1) is 13.3. The van der Waals surface area contributed by atoms with Gasteiger partial charge in [-0.3, -0.25) is 9.59 Å². The lowest BCUT2D eigenvalue weighted by Crippen LogP contribution is -2.30. The monoisotopic (exact) mass is 384 g/mol. The van der Waals surface area contributed by atoms with Gasteiger partial charge in [-0.15, -0.1) is 0 Å². The van der Waals surface area contributed by atoms with Gasteiger partial charge in [0.1, 0.15) is 0 Å². The predicted molar refractivity (Wildman–Crippen MR) is 101 cm³/mol. The van der Waals surface area contributed by atoms with Gasteiger partial charge in [-0.1, -0.05) is 42.5 Å². The first-order valence-electron chi connectivity index (χ1n) is 8.28. The molecule has 7 heteroatoms. The summed E-state index contributed by atoms with van der Waals surface area (Å²) in [4.78, 5) is 23.6. The van der Waals surface area contributed by atoms with Crippen LogP contribution in [0.25, 0.3) is 0 Å². The number of halogens is 3. The Labute approximate surface area is 159 Å². The lowest BCUT2D eigenvalue weighted by atomic mass is 10.0. The largest absolute Gasteiger partial charge is 0.471 e. The van der Waals surface area contributed by atoms with Crippen LogP contribution in [0.5, 0.6) is 0 Å². The van der Waals surface area contributed by atoms with E-state index < -0.39 is 12.1 Å². The Hall–Kier alpha value is -3.61. The average Bonchev–Trinajstić information content (AvgIpc) is 2.69. The van der Waals surface area contributed by atoms with Crippen molar-refractivity contribution in [3.05, 3.63) is 90.0 Å². The molecule has 0 radical (unpaired) electrons. The maximum atomic E-state index is 12.5. The van der Waals surface area contributed by atoms with E-state index in [0.29, 0.717) is 22.5 Å². The van der Waals surface area contributed by atoms with Gasteiger partial charge in [0.05, 0.1) is 11.4 Å². The molecule has 0 aromatic heterocycles. The van der Waals surface area contributed by atoms with Crippen LogP contribution >= 0.6 is 0 Å². The molecule has 0 aliphatic carbocycles. The van der Waals surface area contributed by atoms with Crippen LogP contribution in [0, 0.1) is 0 Å². The molecule has 3 rings (SSSR count). The van der Waals surface area contributed by atoms with E-state index in [9.17, 15) is 22.8 Å². The highest BCUT2D eigenvalue weighted by Gasteiger charge is 2.38. The third-order valence-electron chi connectivity index (χ3n) is 3.89. The summed E-state index contributed by atoms with van der Waals surface area (Å²) in [7, 11) is 0. The summed E-state index contributed by atoms with van der Waals surface area (Å²) < 4.78 is 37.5. The number of benzene rings is 3. The fraction of sp³-hybridized carbons (Fsp3) is 0.0476. The van der Waals surface area contributed by atoms with E-state index in [0.717, 1.165) is 0 Å². The van der Waals surface area contributed by atoms with Gasteiger partial charge in [-0.05, 0) is 36.4 Å². The number of rotatable bonds is 5. The van der Waals surface area contributed by atoms with E-state index in [1.807, 2.05) is 11.4 Å². The molecule has 0 atom stereocenters. The molecule has 3 aromatic rings. The summed E-state index contributed by atoms with van der Waals surface area (Å²) in [6, 6.07) is 21.3. The van der Waals surface area contributed by atoms with Crippen LogP contribution in [0.2, 0.25) is 0 Å². The Morgan fingerprint density at radius 3 is 1.82 bits per heavy atom. The molecule has 4 nitrogen and oxygen atoms in total. The number of carbonyl (C=O) groups excluding carboxylic acids is 2. The van der Waals surface area contributed by atoms with Crippen molar-refractivity contribution in [1.82, 2.24) is 0 Å². The molecule has 142 valence electrons. The highest BCUT2D eigenvalue weighted by molar-refractivity contribution is 6.09. The quantitative estimate of drug-likeness (QED) is 0.597. The number of hydrogen-bond acceptors (Lipinski definition) is 3. The zero-order valence-corrected chi connectivity index (χ0v) is 14.5. The lowest BCUT2D eigenvalue weighted by molar-refractivity contribution is -0.167. The van der Waals surface area contributed by atoms with Crippen molar-refractivity contribution < 1.29 is 22.8 Å². The molecular weight excluding hydrogens is 369 g/mol. The van der Waals surface area contributed by atoms with Crippen molar-refractivity contribution in [2.45, 2.75) is 6.18 Å². The van der Waals surface area contributed by atoms with Crippen molar-refractivity contribution in [2.75, 3.05) is 10.6 Å². The molecule has 2 N–H and O–H groups in total. The second-order valence-electron chi connectivity index (χ2n) is 5.89. The molecule has 28 heavy (non-hydrogen) atoms. The van der Waals surface area contributed by atoms with Crippen molar-refractivity contribution in [3.63, 3.8) is 0 Å². The van der Waals surface area contributed by atoms with E-state index in [4.69, 9.17) is 0 Å². The first kappa shape index (κ1) is 19.2. The molecule has 0 aliphatic rings. The summed E-state index contributed by atoms with van der Waals surface area (Å²) in [6.07, 6.45) is -4.98. The highest BCUT2D eigenvalue weighted by atomic mass is 19.4. The average molecular weight is 384 g/mol. The maximum Gasteiger partial charge on any atom is 0.471 e. The maximum absolute atomic E-state index is 12.5. The Morgan fingerprint density at radius 2 is 1.21 bits per heavy atom. The van der Waals surface area contributed by atoms with Crippen LogP contribution in [0.1, 0.15) is 15.9 Å². The summed E-state index contributed by atoms with van der Waals surface area (Å²) in [5, 5.41) is 4.78. The second kappa shape index (κ2) is 7.96. The number of nitrogens with one attached hydrogen (secondary N) is 2. The topological polar surface area (TPSA) is 58.2 Å². The summed E-state index contributed by atoms with van der Waals surface area (Å²) in [5.74, 6) is -2.18. The van der Waals surface area contributed by atoms with Gasteiger partial charge >= 0.3 is 12.1 Å². The Bertz CT molecular complexity index is 985. The fourth-order valence-corrected chi connectivity index (χ4v) is 2.51. The molecule has 3 aromatic carbocycles. The van der Waals surface area contributed by atoms with Gasteiger partial charge in [0.15, 0.2) is 5.78 Å². The standard InChI is InChI=1S/C21H15F3N2O2/c22-21(23,24)20(28)26-18-9-5-4-8-17(18)25-16-12-10-15(11-13-16)19(27)14-6-2-1-3-7-14/h1-13,25H,(H,26,28). The number of alkyl halides is 3. The zero-order valence-electron chi connectivity index (χ0n) is 14.5. The SMILES string of the molecule is O=C(c1ccccc1)c1ccc(Nc2ccccc2NC(=O)C(F)(F)F)cc1. The summed E-state index contributed by atoms with van der Waals surface area (Å²) >= 11 is 0. The number of anilines is 3. The molecule has 0 bridgehead atoms. The normalized spacial score (nSPS) is 11.0. The van der Waals surface area contributed by atoms with E-state index in [1.165, 1.54) is 18.2 Å². The number of para-hydroxylation sites is 2. The minimum Gasteiger partial charge on any atom is -0.354 e. The third-order valence-corrected chi connectivity index (χ3v) is 3.89. The summed E-state index contributed by atoms with van der Waals surface area (Å²) in [6.45, 7) is 0. The summed E-state index contributed by atoms with van der Waals surface area (Å²) in [5.41, 5.74) is 1.88. The van der Waals surface area contributed by atoms with Gasteiger partial charge < -0.3 is 10.6 Å². The molecular formula is C21H15F3N2O2. The van der Waals surface area contributed by atoms with Crippen LogP contribution < -0.4 is 10.6 Å². The number of ketones is 1. The minimum absolute atomic E-state index is 0.00531.